The summed E-state index contributed by atoms with van der Waals surface area (Å²) in [4.78, 5) is 17.6. The third kappa shape index (κ3) is 2.09. The number of nitrogens with two attached hydrogens (primary N) is 1. The van der Waals surface area contributed by atoms with Gasteiger partial charge in [0.2, 0.25) is 5.72 Å². The van der Waals surface area contributed by atoms with E-state index in [0.717, 1.165) is 4.57 Å². The highest BCUT2D eigenvalue weighted by Gasteiger charge is 2.54. The van der Waals surface area contributed by atoms with Gasteiger partial charge in [-0.3, -0.25) is 4.57 Å². The van der Waals surface area contributed by atoms with Crippen LogP contribution in [0.3, 0.4) is 0 Å². The summed E-state index contributed by atoms with van der Waals surface area (Å²) in [5.74, 6) is -0.0252. The number of anilines is 1. The molecule has 108 valence electrons. The molecule has 0 amide bonds. The summed E-state index contributed by atoms with van der Waals surface area (Å²) in [6.07, 6.45) is -3.48. The van der Waals surface area contributed by atoms with Gasteiger partial charge in [0.1, 0.15) is 18.0 Å². The summed E-state index contributed by atoms with van der Waals surface area (Å²) in [5, 5.41) is 32.2. The third-order valence-electron chi connectivity index (χ3n) is 2.97. The largest absolute Gasteiger partial charge is 0.393 e. The summed E-state index contributed by atoms with van der Waals surface area (Å²) in [6.45, 7) is -0.872. The lowest BCUT2D eigenvalue weighted by Crippen LogP contribution is -2.44. The summed E-state index contributed by atoms with van der Waals surface area (Å²) in [7, 11) is 0. The van der Waals surface area contributed by atoms with Crippen LogP contribution < -0.4 is 11.4 Å². The Kier molecular flexibility index (Phi) is 3.61. The zero-order chi connectivity index (χ0) is 14.9. The third-order valence-corrected chi connectivity index (χ3v) is 2.97. The van der Waals surface area contributed by atoms with Gasteiger partial charge in [0.25, 0.3) is 0 Å². The molecule has 1 aliphatic rings. The molecule has 4 atom stereocenters. The molecule has 1 aromatic heterocycles. The van der Waals surface area contributed by atoms with E-state index in [9.17, 15) is 20.1 Å². The van der Waals surface area contributed by atoms with Crippen molar-refractivity contribution in [3.63, 3.8) is 0 Å². The number of hydrogen-bond acceptors (Lipinski definition) is 8. The number of nitrogens with zero attached hydrogens (tertiary/aromatic N) is 5. The van der Waals surface area contributed by atoms with Crippen LogP contribution in [0.1, 0.15) is 6.23 Å². The molecule has 1 saturated heterocycles. The van der Waals surface area contributed by atoms with Crippen molar-refractivity contribution in [2.45, 2.75) is 24.2 Å². The van der Waals surface area contributed by atoms with Gasteiger partial charge in [-0.15, -0.1) is 0 Å². The number of nitrogen functional groups attached to an aromatic ring is 1. The van der Waals surface area contributed by atoms with Gasteiger partial charge in [0.15, 0.2) is 6.23 Å². The molecular formula is C9H12N6O5. The highest BCUT2D eigenvalue weighted by Crippen LogP contribution is 2.37. The molecule has 0 saturated carbocycles. The molecule has 11 heteroatoms. The maximum absolute atomic E-state index is 11.7. The average molecular weight is 284 g/mol. The molecule has 0 aliphatic carbocycles. The molecule has 5 N–H and O–H groups in total. The lowest BCUT2D eigenvalue weighted by Gasteiger charge is -2.23. The van der Waals surface area contributed by atoms with Crippen LogP contribution in [0.25, 0.3) is 10.4 Å². The standard InChI is InChI=1S/C9H12N6O5/c10-4-1-2-15(8(19)12-4)7-5(17)6(18)9(3-16,20-7)13-14-11/h1-2,5-7,16-18H,3H2,(H2,10,12,19)/t5-,6+,7-,9-/m1/s1. The minimum Gasteiger partial charge on any atom is -0.393 e. The molecule has 0 bridgehead atoms. The van der Waals surface area contributed by atoms with Gasteiger partial charge in [-0.1, -0.05) is 5.11 Å². The van der Waals surface area contributed by atoms with Crippen LogP contribution in [-0.2, 0) is 4.74 Å². The second kappa shape index (κ2) is 5.07. The molecule has 11 nitrogen and oxygen atoms in total. The Balaban J connectivity index is 2.45. The van der Waals surface area contributed by atoms with Crippen molar-refractivity contribution < 1.29 is 20.1 Å². The van der Waals surface area contributed by atoms with Crippen molar-refractivity contribution >= 4 is 5.82 Å². The quantitative estimate of drug-likeness (QED) is 0.283. The lowest BCUT2D eigenvalue weighted by molar-refractivity contribution is -0.125. The fourth-order valence-corrected chi connectivity index (χ4v) is 1.93. The van der Waals surface area contributed by atoms with Crippen LogP contribution in [0.4, 0.5) is 5.82 Å². The Labute approximate surface area is 111 Å². The predicted molar refractivity (Wildman–Crippen MR) is 64.0 cm³/mol. The second-order valence-electron chi connectivity index (χ2n) is 4.18. The first kappa shape index (κ1) is 14.2. The second-order valence-corrected chi connectivity index (χ2v) is 4.18. The number of aliphatic hydroxyl groups is 3. The highest BCUT2D eigenvalue weighted by atomic mass is 16.6. The SMILES string of the molecule is [N-]=[N+]=N[C@]1(CO)O[C@@H](n2ccc(N)nc2=O)[C@H](O)[C@@H]1O. The topological polar surface area (TPSA) is 180 Å². The van der Waals surface area contributed by atoms with Crippen molar-refractivity contribution in [3.8, 4) is 0 Å². The van der Waals surface area contributed by atoms with Gasteiger partial charge < -0.3 is 25.8 Å². The number of azide groups is 1. The zero-order valence-electron chi connectivity index (χ0n) is 10.1. The van der Waals surface area contributed by atoms with E-state index < -0.39 is 36.5 Å². The zero-order valence-corrected chi connectivity index (χ0v) is 10.1. The van der Waals surface area contributed by atoms with E-state index in [-0.39, 0.29) is 5.82 Å². The van der Waals surface area contributed by atoms with Crippen LogP contribution in [0, 0.1) is 0 Å². The van der Waals surface area contributed by atoms with Gasteiger partial charge >= 0.3 is 5.69 Å². The molecule has 0 aromatic carbocycles. The Morgan fingerprint density at radius 3 is 2.90 bits per heavy atom. The molecule has 20 heavy (non-hydrogen) atoms. The van der Waals surface area contributed by atoms with Crippen LogP contribution in [0.5, 0.6) is 0 Å². The molecular weight excluding hydrogens is 272 g/mol. The molecule has 1 fully saturated rings. The molecule has 1 aliphatic heterocycles. The van der Waals surface area contributed by atoms with Crippen molar-refractivity contribution in [1.29, 1.82) is 0 Å². The number of ether oxygens (including phenoxy) is 1. The van der Waals surface area contributed by atoms with Gasteiger partial charge in [-0.25, -0.2) is 4.79 Å². The Bertz CT molecular complexity index is 613. The van der Waals surface area contributed by atoms with Crippen LogP contribution in [0.2, 0.25) is 0 Å². The number of rotatable bonds is 3. The van der Waals surface area contributed by atoms with Crippen LogP contribution >= 0.6 is 0 Å². The van der Waals surface area contributed by atoms with E-state index in [4.69, 9.17) is 16.0 Å². The molecule has 0 spiro atoms. The normalized spacial score (nSPS) is 32.9. The molecule has 2 heterocycles. The summed E-state index contributed by atoms with van der Waals surface area (Å²) in [5.41, 5.74) is 10.9. The van der Waals surface area contributed by atoms with E-state index in [1.54, 1.807) is 0 Å². The smallest absolute Gasteiger partial charge is 0.351 e. The predicted octanol–water partition coefficient (Wildman–Crippen LogP) is -1.92. The van der Waals surface area contributed by atoms with Crippen molar-refractivity contribution in [3.05, 3.63) is 33.2 Å². The van der Waals surface area contributed by atoms with Crippen molar-refractivity contribution in [2.24, 2.45) is 5.11 Å². The maximum Gasteiger partial charge on any atom is 0.351 e. The van der Waals surface area contributed by atoms with Crippen molar-refractivity contribution in [2.75, 3.05) is 12.3 Å². The number of hydrogen-bond donors (Lipinski definition) is 4. The molecule has 2 rings (SSSR count). The maximum atomic E-state index is 11.7. The minimum atomic E-state index is -2.07. The Morgan fingerprint density at radius 2 is 2.35 bits per heavy atom. The van der Waals surface area contributed by atoms with Gasteiger partial charge in [0.05, 0.1) is 6.61 Å². The first-order valence-corrected chi connectivity index (χ1v) is 5.51. The first-order valence-electron chi connectivity index (χ1n) is 5.51. The average Bonchev–Trinajstić information content (AvgIpc) is 2.65. The lowest BCUT2D eigenvalue weighted by atomic mass is 10.1. The summed E-state index contributed by atoms with van der Waals surface area (Å²) in [6, 6.07) is 1.29. The molecule has 0 radical (unpaired) electrons. The minimum absolute atomic E-state index is 0.0252. The van der Waals surface area contributed by atoms with Gasteiger partial charge in [-0.05, 0) is 11.6 Å². The van der Waals surface area contributed by atoms with E-state index in [1.165, 1.54) is 12.3 Å². The van der Waals surface area contributed by atoms with E-state index >= 15 is 0 Å². The summed E-state index contributed by atoms with van der Waals surface area (Å²) < 4.78 is 6.05. The van der Waals surface area contributed by atoms with E-state index in [1.807, 2.05) is 0 Å². The first-order chi connectivity index (χ1) is 9.45. The number of aliphatic hydroxyl groups excluding tert-OH is 3. The highest BCUT2D eigenvalue weighted by molar-refractivity contribution is 5.23. The Hall–Kier alpha value is -2.17. The monoisotopic (exact) mass is 284 g/mol. The van der Waals surface area contributed by atoms with E-state index in [0.29, 0.717) is 0 Å². The fourth-order valence-electron chi connectivity index (χ4n) is 1.93. The number of aromatic nitrogens is 2. The van der Waals surface area contributed by atoms with Crippen molar-refractivity contribution in [1.82, 2.24) is 9.55 Å². The molecule has 0 unspecified atom stereocenters. The van der Waals surface area contributed by atoms with Gasteiger partial charge in [0, 0.05) is 11.1 Å². The van der Waals surface area contributed by atoms with Crippen LogP contribution in [0.15, 0.2) is 22.2 Å². The van der Waals surface area contributed by atoms with Crippen LogP contribution in [-0.4, -0.2) is 49.4 Å². The van der Waals surface area contributed by atoms with Gasteiger partial charge in [-0.2, -0.15) is 4.98 Å². The summed E-state index contributed by atoms with van der Waals surface area (Å²) >= 11 is 0. The fraction of sp³-hybridized carbons (Fsp3) is 0.556. The molecule has 1 aromatic rings. The van der Waals surface area contributed by atoms with E-state index in [2.05, 4.69) is 15.0 Å². The Morgan fingerprint density at radius 1 is 1.65 bits per heavy atom.